The molecule has 1 aromatic rings. The van der Waals surface area contributed by atoms with Gasteiger partial charge in [-0.2, -0.15) is 0 Å². The second-order valence-electron chi connectivity index (χ2n) is 4.69. The van der Waals surface area contributed by atoms with Crippen molar-refractivity contribution in [1.29, 1.82) is 0 Å². The van der Waals surface area contributed by atoms with Crippen molar-refractivity contribution in [3.63, 3.8) is 0 Å². The van der Waals surface area contributed by atoms with Gasteiger partial charge in [-0.1, -0.05) is 32.9 Å². The number of carbonyl (C=O) groups excluding carboxylic acids is 1. The summed E-state index contributed by atoms with van der Waals surface area (Å²) in [5, 5.41) is 0. The molecule has 0 aromatic heterocycles. The van der Waals surface area contributed by atoms with Gasteiger partial charge in [0.05, 0.1) is 0 Å². The van der Waals surface area contributed by atoms with Crippen molar-refractivity contribution in [1.82, 2.24) is 0 Å². The van der Waals surface area contributed by atoms with Crippen LogP contribution in [0.3, 0.4) is 0 Å². The van der Waals surface area contributed by atoms with E-state index in [4.69, 9.17) is 0 Å². The average molecular weight is 217 g/mol. The Kier molecular flexibility index (Phi) is 2.99. The van der Waals surface area contributed by atoms with Gasteiger partial charge >= 0.3 is 0 Å². The van der Waals surface area contributed by atoms with E-state index in [0.29, 0.717) is 12.3 Å². The molecule has 2 rings (SSSR count). The Morgan fingerprint density at radius 2 is 2.19 bits per heavy atom. The zero-order valence-electron chi connectivity index (χ0n) is 10.3. The van der Waals surface area contributed by atoms with Crippen molar-refractivity contribution in [3.8, 4) is 0 Å². The number of carbonyl (C=O) groups is 1. The lowest BCUT2D eigenvalue weighted by atomic mass is 10.0. The lowest BCUT2D eigenvalue weighted by molar-refractivity contribution is -0.118. The molecule has 0 bridgehead atoms. The van der Waals surface area contributed by atoms with Crippen molar-refractivity contribution >= 4 is 11.6 Å². The monoisotopic (exact) mass is 217 g/mol. The Bertz CT molecular complexity index is 409. The Balaban J connectivity index is 2.37. The van der Waals surface area contributed by atoms with Crippen LogP contribution in [0.15, 0.2) is 18.2 Å². The number of fused-ring (bicyclic) bond motifs is 1. The molecule has 1 heterocycles. The summed E-state index contributed by atoms with van der Waals surface area (Å²) in [4.78, 5) is 13.7. The van der Waals surface area contributed by atoms with E-state index in [1.54, 1.807) is 0 Å². The summed E-state index contributed by atoms with van der Waals surface area (Å²) in [6.45, 7) is 7.14. The largest absolute Gasteiger partial charge is 0.312 e. The van der Waals surface area contributed by atoms with Crippen LogP contribution in [0.2, 0.25) is 0 Å². The SMILES string of the molecule is CCC(=O)N1CCc2ccc(C(C)C)cc21. The van der Waals surface area contributed by atoms with E-state index in [9.17, 15) is 4.79 Å². The van der Waals surface area contributed by atoms with E-state index in [1.165, 1.54) is 11.1 Å². The molecule has 0 saturated carbocycles. The first-order chi connectivity index (χ1) is 7.63. The fourth-order valence-corrected chi connectivity index (χ4v) is 2.21. The molecule has 2 nitrogen and oxygen atoms in total. The van der Waals surface area contributed by atoms with Crippen LogP contribution < -0.4 is 4.90 Å². The topological polar surface area (TPSA) is 20.3 Å². The molecular formula is C14H19NO. The van der Waals surface area contributed by atoms with Gasteiger partial charge in [0.2, 0.25) is 5.91 Å². The number of nitrogens with zero attached hydrogens (tertiary/aromatic N) is 1. The first-order valence-electron chi connectivity index (χ1n) is 6.06. The van der Waals surface area contributed by atoms with E-state index in [2.05, 4.69) is 32.0 Å². The molecule has 0 fully saturated rings. The first kappa shape index (κ1) is 11.2. The van der Waals surface area contributed by atoms with Crippen LogP contribution in [0.4, 0.5) is 5.69 Å². The molecule has 0 saturated heterocycles. The van der Waals surface area contributed by atoms with Gasteiger partial charge in [-0.15, -0.1) is 0 Å². The Labute approximate surface area is 97.3 Å². The molecule has 0 radical (unpaired) electrons. The molecule has 1 amide bonds. The van der Waals surface area contributed by atoms with Crippen LogP contribution in [-0.4, -0.2) is 12.5 Å². The van der Waals surface area contributed by atoms with Crippen LogP contribution in [0.1, 0.15) is 44.2 Å². The van der Waals surface area contributed by atoms with Gasteiger partial charge in [0.25, 0.3) is 0 Å². The zero-order valence-corrected chi connectivity index (χ0v) is 10.3. The molecule has 0 spiro atoms. The molecule has 1 aromatic carbocycles. The maximum atomic E-state index is 11.8. The van der Waals surface area contributed by atoms with E-state index in [1.807, 2.05) is 11.8 Å². The highest BCUT2D eigenvalue weighted by Gasteiger charge is 2.23. The Morgan fingerprint density at radius 1 is 1.44 bits per heavy atom. The van der Waals surface area contributed by atoms with Gasteiger partial charge in [-0.25, -0.2) is 0 Å². The summed E-state index contributed by atoms with van der Waals surface area (Å²) in [6.07, 6.45) is 1.59. The predicted octanol–water partition coefficient (Wildman–Crippen LogP) is 3.11. The van der Waals surface area contributed by atoms with Crippen molar-refractivity contribution in [2.75, 3.05) is 11.4 Å². The van der Waals surface area contributed by atoms with E-state index in [-0.39, 0.29) is 5.91 Å². The third-order valence-corrected chi connectivity index (χ3v) is 3.28. The molecular weight excluding hydrogens is 198 g/mol. The van der Waals surface area contributed by atoms with Gasteiger partial charge in [0.15, 0.2) is 0 Å². The quantitative estimate of drug-likeness (QED) is 0.745. The van der Waals surface area contributed by atoms with E-state index >= 15 is 0 Å². The number of hydrogen-bond acceptors (Lipinski definition) is 1. The Morgan fingerprint density at radius 3 is 2.81 bits per heavy atom. The fraction of sp³-hybridized carbons (Fsp3) is 0.500. The minimum atomic E-state index is 0.236. The molecule has 2 heteroatoms. The first-order valence-corrected chi connectivity index (χ1v) is 6.06. The summed E-state index contributed by atoms with van der Waals surface area (Å²) in [6, 6.07) is 6.54. The molecule has 0 unspecified atom stereocenters. The smallest absolute Gasteiger partial charge is 0.226 e. The van der Waals surface area contributed by atoms with Gasteiger partial charge in [-0.3, -0.25) is 4.79 Å². The third kappa shape index (κ3) is 1.84. The third-order valence-electron chi connectivity index (χ3n) is 3.28. The van der Waals surface area contributed by atoms with Crippen molar-refractivity contribution in [3.05, 3.63) is 29.3 Å². The maximum Gasteiger partial charge on any atom is 0.226 e. The normalized spacial score (nSPS) is 14.4. The molecule has 0 atom stereocenters. The summed E-state index contributed by atoms with van der Waals surface area (Å²) < 4.78 is 0. The van der Waals surface area contributed by atoms with Gasteiger partial charge in [0, 0.05) is 18.7 Å². The molecule has 16 heavy (non-hydrogen) atoms. The maximum absolute atomic E-state index is 11.8. The molecule has 1 aliphatic rings. The summed E-state index contributed by atoms with van der Waals surface area (Å²) >= 11 is 0. The Hall–Kier alpha value is -1.31. The van der Waals surface area contributed by atoms with Gasteiger partial charge < -0.3 is 4.90 Å². The highest BCUT2D eigenvalue weighted by atomic mass is 16.2. The van der Waals surface area contributed by atoms with Gasteiger partial charge in [0.1, 0.15) is 0 Å². The fourth-order valence-electron chi connectivity index (χ4n) is 2.21. The number of amides is 1. The zero-order chi connectivity index (χ0) is 11.7. The predicted molar refractivity (Wildman–Crippen MR) is 66.9 cm³/mol. The highest BCUT2D eigenvalue weighted by Crippen LogP contribution is 2.31. The minimum absolute atomic E-state index is 0.236. The van der Waals surface area contributed by atoms with Crippen molar-refractivity contribution < 1.29 is 4.79 Å². The van der Waals surface area contributed by atoms with Crippen LogP contribution in [0, 0.1) is 0 Å². The summed E-state index contributed by atoms with van der Waals surface area (Å²) in [7, 11) is 0. The minimum Gasteiger partial charge on any atom is -0.312 e. The van der Waals surface area contributed by atoms with Crippen LogP contribution in [0.25, 0.3) is 0 Å². The van der Waals surface area contributed by atoms with Crippen LogP contribution >= 0.6 is 0 Å². The van der Waals surface area contributed by atoms with E-state index in [0.717, 1.165) is 18.7 Å². The number of benzene rings is 1. The molecule has 0 N–H and O–H groups in total. The van der Waals surface area contributed by atoms with Crippen LogP contribution in [-0.2, 0) is 11.2 Å². The highest BCUT2D eigenvalue weighted by molar-refractivity contribution is 5.95. The molecule has 86 valence electrons. The number of hydrogen-bond donors (Lipinski definition) is 0. The lowest BCUT2D eigenvalue weighted by Gasteiger charge is -2.17. The second kappa shape index (κ2) is 4.28. The van der Waals surface area contributed by atoms with Gasteiger partial charge in [-0.05, 0) is 29.5 Å². The summed E-state index contributed by atoms with van der Waals surface area (Å²) in [5.41, 5.74) is 3.76. The van der Waals surface area contributed by atoms with Crippen molar-refractivity contribution in [2.45, 2.75) is 39.5 Å². The van der Waals surface area contributed by atoms with Crippen LogP contribution in [0.5, 0.6) is 0 Å². The second-order valence-corrected chi connectivity index (χ2v) is 4.69. The summed E-state index contributed by atoms with van der Waals surface area (Å²) in [5.74, 6) is 0.754. The average Bonchev–Trinajstić information content (AvgIpc) is 2.70. The van der Waals surface area contributed by atoms with Crippen molar-refractivity contribution in [2.24, 2.45) is 0 Å². The lowest BCUT2D eigenvalue weighted by Crippen LogP contribution is -2.27. The number of rotatable bonds is 2. The molecule has 1 aliphatic heterocycles. The number of anilines is 1. The standard InChI is InChI=1S/C14H19NO/c1-4-14(16)15-8-7-11-5-6-12(10(2)3)9-13(11)15/h5-6,9-10H,4,7-8H2,1-3H3. The molecule has 0 aliphatic carbocycles. The van der Waals surface area contributed by atoms with E-state index < -0.39 is 0 Å².